The minimum absolute atomic E-state index is 0.738. The minimum Gasteiger partial charge on any atom is -0.497 e. The molecule has 23 heavy (non-hydrogen) atoms. The maximum Gasteiger partial charge on any atom is 0.152 e. The molecule has 0 bridgehead atoms. The number of hydrogen-bond acceptors (Lipinski definition) is 3. The monoisotopic (exact) mass is 305 g/mol. The van der Waals surface area contributed by atoms with Crippen LogP contribution < -0.4 is 9.64 Å². The quantitative estimate of drug-likeness (QED) is 0.642. The van der Waals surface area contributed by atoms with Crippen LogP contribution in [0.25, 0.3) is 0 Å². The highest BCUT2D eigenvalue weighted by Gasteiger charge is 2.15. The van der Waals surface area contributed by atoms with Crippen molar-refractivity contribution in [1.29, 1.82) is 0 Å². The van der Waals surface area contributed by atoms with Gasteiger partial charge in [-0.05, 0) is 55.3 Å². The van der Waals surface area contributed by atoms with Crippen LogP contribution >= 0.6 is 0 Å². The summed E-state index contributed by atoms with van der Waals surface area (Å²) in [6, 6.07) is 13.5. The van der Waals surface area contributed by atoms with Gasteiger partial charge in [-0.2, -0.15) is 0 Å². The number of ether oxygens (including phenoxy) is 1. The van der Waals surface area contributed by atoms with Gasteiger partial charge in [0.25, 0.3) is 0 Å². The van der Waals surface area contributed by atoms with Crippen molar-refractivity contribution in [2.45, 2.75) is 12.8 Å². The topological polar surface area (TPSA) is 29.5 Å². The molecule has 1 heterocycles. The number of aldehydes is 1. The normalized spacial score (nSPS) is 13.3. The van der Waals surface area contributed by atoms with Gasteiger partial charge in [-0.1, -0.05) is 11.8 Å². The van der Waals surface area contributed by atoms with Crippen molar-refractivity contribution in [3.05, 3.63) is 59.2 Å². The highest BCUT2D eigenvalue weighted by atomic mass is 16.5. The van der Waals surface area contributed by atoms with Gasteiger partial charge >= 0.3 is 0 Å². The van der Waals surface area contributed by atoms with Gasteiger partial charge in [-0.15, -0.1) is 0 Å². The Morgan fingerprint density at radius 3 is 2.30 bits per heavy atom. The maximum atomic E-state index is 11.3. The summed E-state index contributed by atoms with van der Waals surface area (Å²) in [6.07, 6.45) is 3.29. The molecule has 0 aromatic heterocycles. The molecule has 0 N–H and O–H groups in total. The summed E-state index contributed by atoms with van der Waals surface area (Å²) in [6.45, 7) is 2.02. The molecule has 3 heteroatoms. The zero-order valence-electron chi connectivity index (χ0n) is 13.2. The Morgan fingerprint density at radius 1 is 1.00 bits per heavy atom. The molecule has 1 aliphatic rings. The third-order valence-electron chi connectivity index (χ3n) is 4.05. The van der Waals surface area contributed by atoms with E-state index in [1.165, 1.54) is 12.8 Å². The number of carbonyl (C=O) groups is 1. The van der Waals surface area contributed by atoms with E-state index in [0.29, 0.717) is 0 Å². The first-order valence-corrected chi connectivity index (χ1v) is 7.80. The predicted molar refractivity (Wildman–Crippen MR) is 92.3 cm³/mol. The van der Waals surface area contributed by atoms with Gasteiger partial charge in [0.15, 0.2) is 6.29 Å². The zero-order valence-corrected chi connectivity index (χ0v) is 13.2. The summed E-state index contributed by atoms with van der Waals surface area (Å²) < 4.78 is 5.14. The molecular formula is C20H19NO2. The Morgan fingerprint density at radius 2 is 1.65 bits per heavy atom. The van der Waals surface area contributed by atoms with E-state index in [4.69, 9.17) is 4.74 Å². The first-order chi connectivity index (χ1) is 11.3. The smallest absolute Gasteiger partial charge is 0.152 e. The van der Waals surface area contributed by atoms with Crippen molar-refractivity contribution in [3.8, 4) is 17.6 Å². The van der Waals surface area contributed by atoms with Gasteiger partial charge < -0.3 is 9.64 Å². The Kier molecular flexibility index (Phi) is 4.63. The summed E-state index contributed by atoms with van der Waals surface area (Å²) in [5.74, 6) is 7.16. The van der Waals surface area contributed by atoms with Crippen LogP contribution in [0.2, 0.25) is 0 Å². The van der Waals surface area contributed by atoms with Gasteiger partial charge in [0.2, 0.25) is 0 Å². The number of anilines is 1. The number of nitrogens with zero attached hydrogens (tertiary/aromatic N) is 1. The average molecular weight is 305 g/mol. The van der Waals surface area contributed by atoms with Gasteiger partial charge in [0.1, 0.15) is 5.75 Å². The zero-order chi connectivity index (χ0) is 16.1. The van der Waals surface area contributed by atoms with Crippen molar-refractivity contribution in [3.63, 3.8) is 0 Å². The van der Waals surface area contributed by atoms with Gasteiger partial charge in [0.05, 0.1) is 7.11 Å². The fourth-order valence-corrected chi connectivity index (χ4v) is 2.77. The lowest BCUT2D eigenvalue weighted by Gasteiger charge is -2.19. The van der Waals surface area contributed by atoms with E-state index in [9.17, 15) is 4.79 Å². The number of benzene rings is 2. The fourth-order valence-electron chi connectivity index (χ4n) is 2.77. The molecule has 0 atom stereocenters. The largest absolute Gasteiger partial charge is 0.497 e. The molecule has 1 aliphatic heterocycles. The Hall–Kier alpha value is -2.73. The first-order valence-electron chi connectivity index (χ1n) is 7.80. The van der Waals surface area contributed by atoms with Crippen molar-refractivity contribution in [2.24, 2.45) is 0 Å². The van der Waals surface area contributed by atoms with Crippen molar-refractivity contribution in [2.75, 3.05) is 25.1 Å². The van der Waals surface area contributed by atoms with Gasteiger partial charge in [-0.3, -0.25) is 4.79 Å². The first kappa shape index (κ1) is 15.2. The summed E-state index contributed by atoms with van der Waals surface area (Å²) >= 11 is 0. The molecular weight excluding hydrogens is 286 g/mol. The van der Waals surface area contributed by atoms with Gasteiger partial charge in [-0.25, -0.2) is 0 Å². The average Bonchev–Trinajstić information content (AvgIpc) is 3.14. The van der Waals surface area contributed by atoms with Crippen molar-refractivity contribution >= 4 is 12.0 Å². The molecule has 3 rings (SSSR count). The molecule has 0 saturated carbocycles. The van der Waals surface area contributed by atoms with E-state index in [-0.39, 0.29) is 0 Å². The summed E-state index contributed by atoms with van der Waals surface area (Å²) in [4.78, 5) is 13.5. The predicted octanol–water partition coefficient (Wildman–Crippen LogP) is 3.51. The van der Waals surface area contributed by atoms with Gasteiger partial charge in [0, 0.05) is 35.5 Å². The lowest BCUT2D eigenvalue weighted by molar-refractivity contribution is 0.112. The van der Waals surface area contributed by atoms with E-state index in [1.54, 1.807) is 7.11 Å². The summed E-state index contributed by atoms with van der Waals surface area (Å²) in [5.41, 5.74) is 3.60. The van der Waals surface area contributed by atoms with Crippen LogP contribution in [0.4, 0.5) is 5.69 Å². The third-order valence-corrected chi connectivity index (χ3v) is 4.05. The lowest BCUT2D eigenvalue weighted by Crippen LogP contribution is -2.19. The van der Waals surface area contributed by atoms with E-state index in [0.717, 1.165) is 47.5 Å². The number of carbonyl (C=O) groups excluding carboxylic acids is 1. The van der Waals surface area contributed by atoms with Crippen LogP contribution in [0.3, 0.4) is 0 Å². The van der Waals surface area contributed by atoms with E-state index in [1.807, 2.05) is 42.5 Å². The highest BCUT2D eigenvalue weighted by Crippen LogP contribution is 2.24. The molecule has 0 aliphatic carbocycles. The SMILES string of the molecule is COc1ccc(C#Cc2ccc(C=O)c(N3CCCC3)c2)cc1. The van der Waals surface area contributed by atoms with Crippen LogP contribution in [0, 0.1) is 11.8 Å². The molecule has 0 unspecified atom stereocenters. The molecule has 0 amide bonds. The molecule has 3 nitrogen and oxygen atoms in total. The Bertz CT molecular complexity index is 747. The number of methoxy groups -OCH3 is 1. The second-order valence-electron chi connectivity index (χ2n) is 5.56. The summed E-state index contributed by atoms with van der Waals surface area (Å²) in [7, 11) is 1.65. The minimum atomic E-state index is 0.738. The number of hydrogen-bond donors (Lipinski definition) is 0. The molecule has 2 aromatic carbocycles. The number of rotatable bonds is 3. The molecule has 2 aromatic rings. The Labute approximate surface area is 136 Å². The van der Waals surface area contributed by atoms with Crippen LogP contribution in [0.15, 0.2) is 42.5 Å². The van der Waals surface area contributed by atoms with E-state index in [2.05, 4.69) is 16.7 Å². The standard InChI is InChI=1S/C20H19NO2/c1-23-19-10-7-16(8-11-19)4-5-17-6-9-18(15-22)20(14-17)21-12-2-3-13-21/h6-11,14-15H,2-3,12-13H2,1H3. The van der Waals surface area contributed by atoms with Crippen molar-refractivity contribution < 1.29 is 9.53 Å². The molecule has 0 radical (unpaired) electrons. The Balaban J connectivity index is 1.86. The van der Waals surface area contributed by atoms with Crippen LogP contribution in [-0.2, 0) is 0 Å². The van der Waals surface area contributed by atoms with E-state index < -0.39 is 0 Å². The molecule has 0 spiro atoms. The molecule has 1 fully saturated rings. The van der Waals surface area contributed by atoms with Crippen LogP contribution in [0.1, 0.15) is 34.3 Å². The second kappa shape index (κ2) is 7.02. The third kappa shape index (κ3) is 3.54. The molecule has 116 valence electrons. The van der Waals surface area contributed by atoms with Crippen molar-refractivity contribution in [1.82, 2.24) is 0 Å². The lowest BCUT2D eigenvalue weighted by atomic mass is 10.1. The highest BCUT2D eigenvalue weighted by molar-refractivity contribution is 5.85. The maximum absolute atomic E-state index is 11.3. The van der Waals surface area contributed by atoms with E-state index >= 15 is 0 Å². The second-order valence-corrected chi connectivity index (χ2v) is 5.56. The van der Waals surface area contributed by atoms with Crippen LogP contribution in [-0.4, -0.2) is 26.5 Å². The summed E-state index contributed by atoms with van der Waals surface area (Å²) in [5, 5.41) is 0. The molecule has 1 saturated heterocycles. The van der Waals surface area contributed by atoms with Crippen LogP contribution in [0.5, 0.6) is 5.75 Å². The fraction of sp³-hybridized carbons (Fsp3) is 0.250.